The van der Waals surface area contributed by atoms with E-state index >= 15 is 0 Å². The van der Waals surface area contributed by atoms with Crippen molar-refractivity contribution in [2.45, 2.75) is 96.7 Å². The fourth-order valence-corrected chi connectivity index (χ4v) is 3.79. The highest BCUT2D eigenvalue weighted by Crippen LogP contribution is 2.37. The van der Waals surface area contributed by atoms with Gasteiger partial charge in [-0.25, -0.2) is 4.79 Å². The summed E-state index contributed by atoms with van der Waals surface area (Å²) in [6.45, 7) is 9.27. The monoisotopic (exact) mass is 591 g/mol. The van der Waals surface area contributed by atoms with Crippen LogP contribution >= 0.6 is 0 Å². The summed E-state index contributed by atoms with van der Waals surface area (Å²) in [5.41, 5.74) is -4.52. The molecule has 1 N–H and O–H groups in total. The first-order valence-corrected chi connectivity index (χ1v) is 12.8. The van der Waals surface area contributed by atoms with Gasteiger partial charge in [0.1, 0.15) is 11.2 Å². The van der Waals surface area contributed by atoms with Gasteiger partial charge >= 0.3 is 24.4 Å². The third kappa shape index (κ3) is 12.0. The van der Waals surface area contributed by atoms with Crippen LogP contribution in [0.3, 0.4) is 0 Å². The molecule has 6 nitrogen and oxygen atoms in total. The van der Waals surface area contributed by atoms with Crippen molar-refractivity contribution in [3.8, 4) is 0 Å². The second kappa shape index (κ2) is 13.1. The van der Waals surface area contributed by atoms with Crippen LogP contribution in [0, 0.1) is 0 Å². The molecule has 41 heavy (non-hydrogen) atoms. The van der Waals surface area contributed by atoms with Gasteiger partial charge in [-0.05, 0) is 77.3 Å². The maximum absolute atomic E-state index is 13.4. The summed E-state index contributed by atoms with van der Waals surface area (Å²) in [4.78, 5) is 25.2. The van der Waals surface area contributed by atoms with E-state index in [2.05, 4.69) is 5.32 Å². The summed E-state index contributed by atoms with van der Waals surface area (Å²) < 4.78 is 96.9. The van der Waals surface area contributed by atoms with Crippen LogP contribution in [0.15, 0.2) is 48.5 Å². The number of amides is 1. The van der Waals surface area contributed by atoms with Gasteiger partial charge < -0.3 is 19.5 Å². The molecule has 2 rings (SSSR count). The highest BCUT2D eigenvalue weighted by molar-refractivity contribution is 5.70. The number of rotatable bonds is 9. The molecule has 0 aliphatic heterocycles. The van der Waals surface area contributed by atoms with Crippen LogP contribution < -0.4 is 5.32 Å². The molecular weight excluding hydrogens is 556 g/mol. The number of carbonyl (C=O) groups excluding carboxylic acids is 2. The van der Waals surface area contributed by atoms with Crippen LogP contribution in [-0.2, 0) is 38.0 Å². The Morgan fingerprint density at radius 3 is 1.76 bits per heavy atom. The third-order valence-corrected chi connectivity index (χ3v) is 5.37. The van der Waals surface area contributed by atoms with E-state index < -0.39 is 71.1 Å². The maximum Gasteiger partial charge on any atom is 0.416 e. The predicted molar refractivity (Wildman–Crippen MR) is 139 cm³/mol. The second-order valence-corrected chi connectivity index (χ2v) is 11.4. The van der Waals surface area contributed by atoms with Crippen molar-refractivity contribution in [2.24, 2.45) is 0 Å². The van der Waals surface area contributed by atoms with Gasteiger partial charge in [-0.1, -0.05) is 30.3 Å². The first-order chi connectivity index (χ1) is 18.6. The lowest BCUT2D eigenvalue weighted by Gasteiger charge is -2.30. The number of halogens is 6. The Bertz CT molecular complexity index is 1140. The van der Waals surface area contributed by atoms with Crippen LogP contribution in [0.25, 0.3) is 0 Å². The van der Waals surface area contributed by atoms with E-state index in [1.54, 1.807) is 71.9 Å². The van der Waals surface area contributed by atoms with Gasteiger partial charge in [-0.2, -0.15) is 26.3 Å². The van der Waals surface area contributed by atoms with E-state index in [4.69, 9.17) is 14.2 Å². The Kier molecular flexibility index (Phi) is 10.9. The summed E-state index contributed by atoms with van der Waals surface area (Å²) in [6.07, 6.45) is -12.3. The molecule has 0 spiro atoms. The van der Waals surface area contributed by atoms with E-state index in [1.807, 2.05) is 0 Å². The molecule has 0 heterocycles. The van der Waals surface area contributed by atoms with Crippen molar-refractivity contribution in [3.05, 3.63) is 70.8 Å². The molecular formula is C29H35F6NO5. The summed E-state index contributed by atoms with van der Waals surface area (Å²) in [6, 6.07) is 8.54. The first kappa shape index (κ1) is 33.9. The Morgan fingerprint density at radius 2 is 1.29 bits per heavy atom. The average molecular weight is 592 g/mol. The lowest BCUT2D eigenvalue weighted by atomic mass is 9.97. The van der Waals surface area contributed by atoms with E-state index in [0.29, 0.717) is 17.7 Å². The van der Waals surface area contributed by atoms with Gasteiger partial charge in [-0.15, -0.1) is 0 Å². The number of nitrogens with one attached hydrogen (secondary N) is 1. The van der Waals surface area contributed by atoms with Crippen molar-refractivity contribution in [1.82, 2.24) is 5.32 Å². The number of hydrogen-bond donors (Lipinski definition) is 1. The van der Waals surface area contributed by atoms with Gasteiger partial charge in [0.15, 0.2) is 0 Å². The Hall–Kier alpha value is -3.28. The molecule has 0 aromatic heterocycles. The minimum Gasteiger partial charge on any atom is -0.460 e. The summed E-state index contributed by atoms with van der Waals surface area (Å²) in [5.74, 6) is -0.603. The van der Waals surface area contributed by atoms with Crippen LogP contribution in [0.5, 0.6) is 0 Å². The van der Waals surface area contributed by atoms with Crippen LogP contribution in [-0.4, -0.2) is 29.4 Å². The average Bonchev–Trinajstić information content (AvgIpc) is 2.80. The number of esters is 1. The minimum atomic E-state index is -5.03. The van der Waals surface area contributed by atoms with Crippen LogP contribution in [0.1, 0.15) is 82.7 Å². The zero-order chi connectivity index (χ0) is 31.2. The SMILES string of the molecule is CC(C)(C)OC(=O)CC[C@H](OCc1cc(C(F)(F)F)cc(C(F)(F)F)c1)[C@@H](NC(=O)OC(C)(C)C)c1ccccc1. The number of alkyl halides is 6. The van der Waals surface area contributed by atoms with Gasteiger partial charge in [0, 0.05) is 6.42 Å². The largest absolute Gasteiger partial charge is 0.460 e. The zero-order valence-electron chi connectivity index (χ0n) is 23.7. The Morgan fingerprint density at radius 1 is 0.780 bits per heavy atom. The summed E-state index contributed by atoms with van der Waals surface area (Å²) in [7, 11) is 0. The molecule has 1 amide bonds. The van der Waals surface area contributed by atoms with Crippen molar-refractivity contribution < 1.29 is 50.1 Å². The molecule has 0 radical (unpaired) electrons. The van der Waals surface area contributed by atoms with Crippen molar-refractivity contribution >= 4 is 12.1 Å². The molecule has 12 heteroatoms. The number of carbonyl (C=O) groups is 2. The first-order valence-electron chi connectivity index (χ1n) is 12.8. The molecule has 2 aromatic rings. The number of hydrogen-bond acceptors (Lipinski definition) is 5. The number of benzene rings is 2. The standard InChI is InChI=1S/C29H35F6NO5/c1-26(2,3)40-23(37)13-12-22(24(19-10-8-7-9-11-19)36-25(38)41-27(4,5)6)39-17-18-14-20(28(30,31)32)16-21(15-18)29(33,34)35/h7-11,14-16,22,24H,12-13,17H2,1-6H3,(H,36,38)/t22-,24-/m0/s1. The number of alkyl carbamates (subject to hydrolysis) is 1. The highest BCUT2D eigenvalue weighted by Gasteiger charge is 2.37. The number of ether oxygens (including phenoxy) is 3. The molecule has 0 aliphatic carbocycles. The Balaban J connectivity index is 2.46. The molecule has 0 bridgehead atoms. The molecule has 0 aliphatic rings. The normalized spacial score (nSPS) is 14.2. The molecule has 0 saturated carbocycles. The molecule has 2 atom stereocenters. The van der Waals surface area contributed by atoms with Gasteiger partial charge in [-0.3, -0.25) is 4.79 Å². The summed E-state index contributed by atoms with van der Waals surface area (Å²) >= 11 is 0. The maximum atomic E-state index is 13.4. The van der Waals surface area contributed by atoms with Crippen molar-refractivity contribution in [3.63, 3.8) is 0 Å². The molecule has 0 saturated heterocycles. The van der Waals surface area contributed by atoms with Gasteiger partial charge in [0.2, 0.25) is 0 Å². The molecule has 228 valence electrons. The van der Waals surface area contributed by atoms with Crippen LogP contribution in [0.2, 0.25) is 0 Å². The van der Waals surface area contributed by atoms with E-state index in [9.17, 15) is 35.9 Å². The van der Waals surface area contributed by atoms with Gasteiger partial charge in [0.25, 0.3) is 0 Å². The van der Waals surface area contributed by atoms with E-state index in [-0.39, 0.29) is 18.9 Å². The molecule has 0 fully saturated rings. The smallest absolute Gasteiger partial charge is 0.416 e. The predicted octanol–water partition coefficient (Wildman–Crippen LogP) is 8.00. The highest BCUT2D eigenvalue weighted by atomic mass is 19.4. The van der Waals surface area contributed by atoms with Gasteiger partial charge in [0.05, 0.1) is 29.9 Å². The molecule has 0 unspecified atom stereocenters. The third-order valence-electron chi connectivity index (χ3n) is 5.37. The zero-order valence-corrected chi connectivity index (χ0v) is 23.7. The van der Waals surface area contributed by atoms with E-state index in [0.717, 1.165) is 0 Å². The second-order valence-electron chi connectivity index (χ2n) is 11.4. The fourth-order valence-electron chi connectivity index (χ4n) is 3.79. The summed E-state index contributed by atoms with van der Waals surface area (Å²) in [5, 5.41) is 2.67. The van der Waals surface area contributed by atoms with E-state index in [1.165, 1.54) is 0 Å². The lowest BCUT2D eigenvalue weighted by Crippen LogP contribution is -2.41. The van der Waals surface area contributed by atoms with Crippen LogP contribution in [0.4, 0.5) is 31.1 Å². The Labute approximate surface area is 235 Å². The fraction of sp³-hybridized carbons (Fsp3) is 0.517. The minimum absolute atomic E-state index is 0.0281. The lowest BCUT2D eigenvalue weighted by molar-refractivity contribution is -0.156. The van der Waals surface area contributed by atoms with Crippen molar-refractivity contribution in [1.29, 1.82) is 0 Å². The topological polar surface area (TPSA) is 73.9 Å². The van der Waals surface area contributed by atoms with Crippen molar-refractivity contribution in [2.75, 3.05) is 0 Å². The molecule has 2 aromatic carbocycles. The quantitative estimate of drug-likeness (QED) is 0.236.